The van der Waals surface area contributed by atoms with Gasteiger partial charge in [-0.3, -0.25) is 19.4 Å². The quantitative estimate of drug-likeness (QED) is 0.785. The first kappa shape index (κ1) is 13.7. The number of rotatable bonds is 3. The fourth-order valence-electron chi connectivity index (χ4n) is 4.86. The summed E-state index contributed by atoms with van der Waals surface area (Å²) in [6, 6.07) is 0.915. The maximum Gasteiger partial charge on any atom is 0.247 e. The van der Waals surface area contributed by atoms with E-state index in [9.17, 15) is 9.59 Å². The minimum absolute atomic E-state index is 0.0448. The van der Waals surface area contributed by atoms with E-state index in [-0.39, 0.29) is 23.9 Å². The molecule has 0 bridgehead atoms. The Morgan fingerprint density at radius 1 is 0.952 bits per heavy atom. The number of nitrogens with one attached hydrogen (secondary N) is 1. The van der Waals surface area contributed by atoms with Gasteiger partial charge in [-0.25, -0.2) is 0 Å². The lowest BCUT2D eigenvalue weighted by molar-refractivity contribution is -0.141. The van der Waals surface area contributed by atoms with Gasteiger partial charge in [0.25, 0.3) is 0 Å². The smallest absolute Gasteiger partial charge is 0.247 e. The minimum Gasteiger partial charge on any atom is -0.301 e. The van der Waals surface area contributed by atoms with E-state index in [1.807, 2.05) is 0 Å². The van der Waals surface area contributed by atoms with Gasteiger partial charge in [0.1, 0.15) is 0 Å². The topological polar surface area (TPSA) is 52.7 Å². The lowest BCUT2D eigenvalue weighted by Crippen LogP contribution is -2.49. The number of fused-ring (bicyclic) bond motifs is 1. The van der Waals surface area contributed by atoms with Gasteiger partial charge in [-0.1, -0.05) is 12.8 Å². The van der Waals surface area contributed by atoms with Gasteiger partial charge in [-0.2, -0.15) is 0 Å². The van der Waals surface area contributed by atoms with Crippen LogP contribution in [0.2, 0.25) is 0 Å². The van der Waals surface area contributed by atoms with Crippen LogP contribution in [0, 0.1) is 0 Å². The number of carbonyl (C=O) groups excluding carboxylic acids is 2. The van der Waals surface area contributed by atoms with E-state index in [4.69, 9.17) is 0 Å². The molecule has 116 valence electrons. The van der Waals surface area contributed by atoms with Crippen LogP contribution in [0.5, 0.6) is 0 Å². The van der Waals surface area contributed by atoms with Gasteiger partial charge in [0.2, 0.25) is 11.8 Å². The highest BCUT2D eigenvalue weighted by molar-refractivity contribution is 6.05. The highest BCUT2D eigenvalue weighted by Gasteiger charge is 2.46. The Kier molecular flexibility index (Phi) is 3.50. The van der Waals surface area contributed by atoms with Crippen molar-refractivity contribution in [2.75, 3.05) is 13.1 Å². The van der Waals surface area contributed by atoms with E-state index in [0.29, 0.717) is 18.5 Å². The molecule has 3 atom stereocenters. The van der Waals surface area contributed by atoms with Crippen molar-refractivity contribution in [2.24, 2.45) is 0 Å². The third-order valence-electron chi connectivity index (χ3n) is 5.89. The summed E-state index contributed by atoms with van der Waals surface area (Å²) in [4.78, 5) is 29.0. The van der Waals surface area contributed by atoms with Crippen LogP contribution >= 0.6 is 0 Å². The van der Waals surface area contributed by atoms with Gasteiger partial charge in [0, 0.05) is 24.7 Å². The van der Waals surface area contributed by atoms with Crippen LogP contribution in [-0.2, 0) is 9.59 Å². The molecule has 4 fully saturated rings. The fourth-order valence-corrected chi connectivity index (χ4v) is 4.86. The molecule has 0 aromatic rings. The van der Waals surface area contributed by atoms with Crippen molar-refractivity contribution < 1.29 is 9.59 Å². The van der Waals surface area contributed by atoms with Crippen molar-refractivity contribution in [1.82, 2.24) is 15.1 Å². The number of imide groups is 1. The van der Waals surface area contributed by atoms with Crippen molar-refractivity contribution in [2.45, 2.75) is 75.5 Å². The molecule has 3 heterocycles. The summed E-state index contributed by atoms with van der Waals surface area (Å²) in [6.07, 6.45) is 8.31. The maximum absolute atomic E-state index is 12.6. The lowest BCUT2D eigenvalue weighted by Gasteiger charge is -2.25. The Balaban J connectivity index is 1.42. The van der Waals surface area contributed by atoms with Gasteiger partial charge in [-0.05, 0) is 38.6 Å². The molecule has 5 nitrogen and oxygen atoms in total. The molecule has 4 rings (SSSR count). The average molecular weight is 291 g/mol. The van der Waals surface area contributed by atoms with Crippen molar-refractivity contribution >= 4 is 11.8 Å². The molecule has 3 saturated heterocycles. The Morgan fingerprint density at radius 2 is 1.76 bits per heavy atom. The van der Waals surface area contributed by atoms with Crippen molar-refractivity contribution in [1.29, 1.82) is 0 Å². The molecule has 0 aromatic carbocycles. The number of nitrogens with zero attached hydrogens (tertiary/aromatic N) is 2. The predicted octanol–water partition coefficient (Wildman–Crippen LogP) is 0.883. The standard InChI is InChI=1S/C16H25N3O2/c20-15-10-13(16(21)19(15)11-4-1-2-5-11)17-12-7-9-18-8-3-6-14(12)18/h11-14,17H,1-10H2. The Hall–Kier alpha value is -0.940. The fraction of sp³-hybridized carbons (Fsp3) is 0.875. The minimum atomic E-state index is -0.261. The largest absolute Gasteiger partial charge is 0.301 e. The Labute approximate surface area is 126 Å². The third-order valence-corrected chi connectivity index (χ3v) is 5.89. The van der Waals surface area contributed by atoms with Crippen molar-refractivity contribution in [3.63, 3.8) is 0 Å². The Bertz CT molecular complexity index is 447. The van der Waals surface area contributed by atoms with Crippen LogP contribution in [0.25, 0.3) is 0 Å². The summed E-state index contributed by atoms with van der Waals surface area (Å²) in [5, 5.41) is 3.53. The molecular formula is C16H25N3O2. The van der Waals surface area contributed by atoms with Gasteiger partial charge >= 0.3 is 0 Å². The van der Waals surface area contributed by atoms with E-state index in [1.165, 1.54) is 19.4 Å². The molecule has 0 spiro atoms. The zero-order valence-electron chi connectivity index (χ0n) is 12.6. The van der Waals surface area contributed by atoms with Crippen LogP contribution in [0.15, 0.2) is 0 Å². The molecule has 1 aliphatic carbocycles. The first-order valence-electron chi connectivity index (χ1n) is 8.60. The van der Waals surface area contributed by atoms with E-state index < -0.39 is 0 Å². The van der Waals surface area contributed by atoms with Crippen LogP contribution < -0.4 is 5.32 Å². The lowest BCUT2D eigenvalue weighted by atomic mass is 10.0. The number of hydrogen-bond acceptors (Lipinski definition) is 4. The molecule has 4 aliphatic rings. The van der Waals surface area contributed by atoms with Crippen LogP contribution in [0.1, 0.15) is 51.4 Å². The maximum atomic E-state index is 12.6. The van der Waals surface area contributed by atoms with Gasteiger partial charge in [0.05, 0.1) is 12.5 Å². The van der Waals surface area contributed by atoms with Crippen LogP contribution in [-0.4, -0.2) is 58.9 Å². The molecule has 0 radical (unpaired) electrons. The number of carbonyl (C=O) groups is 2. The van der Waals surface area contributed by atoms with E-state index in [2.05, 4.69) is 10.2 Å². The summed E-state index contributed by atoms with van der Waals surface area (Å²) >= 11 is 0. The van der Waals surface area contributed by atoms with Gasteiger partial charge in [0.15, 0.2) is 0 Å². The van der Waals surface area contributed by atoms with Gasteiger partial charge in [-0.15, -0.1) is 0 Å². The third kappa shape index (κ3) is 2.30. The zero-order chi connectivity index (χ0) is 14.4. The molecule has 2 amide bonds. The molecule has 5 heteroatoms. The first-order valence-corrected chi connectivity index (χ1v) is 8.60. The normalized spacial score (nSPS) is 37.9. The molecule has 3 aliphatic heterocycles. The zero-order valence-corrected chi connectivity index (χ0v) is 12.6. The molecule has 1 N–H and O–H groups in total. The molecule has 3 unspecified atom stereocenters. The summed E-state index contributed by atoms with van der Waals surface area (Å²) in [5.74, 6) is 0.0917. The van der Waals surface area contributed by atoms with E-state index in [0.717, 1.165) is 38.6 Å². The molecule has 1 saturated carbocycles. The summed E-state index contributed by atoms with van der Waals surface area (Å²) in [7, 11) is 0. The van der Waals surface area contributed by atoms with Gasteiger partial charge < -0.3 is 5.32 Å². The van der Waals surface area contributed by atoms with Crippen LogP contribution in [0.3, 0.4) is 0 Å². The SMILES string of the molecule is O=C1CC(NC2CCN3CCCC23)C(=O)N1C1CCCC1. The Morgan fingerprint density at radius 3 is 2.57 bits per heavy atom. The van der Waals surface area contributed by atoms with Crippen LogP contribution in [0.4, 0.5) is 0 Å². The highest BCUT2D eigenvalue weighted by Crippen LogP contribution is 2.31. The molecule has 0 aromatic heterocycles. The highest BCUT2D eigenvalue weighted by atomic mass is 16.2. The van der Waals surface area contributed by atoms with Crippen molar-refractivity contribution in [3.05, 3.63) is 0 Å². The molecular weight excluding hydrogens is 266 g/mol. The number of likely N-dealkylation sites (tertiary alicyclic amines) is 1. The second-order valence-electron chi connectivity index (χ2n) is 7.10. The van der Waals surface area contributed by atoms with E-state index >= 15 is 0 Å². The number of hydrogen-bond donors (Lipinski definition) is 1. The first-order chi connectivity index (χ1) is 10.2. The second kappa shape index (κ2) is 5.36. The van der Waals surface area contributed by atoms with E-state index in [1.54, 1.807) is 4.90 Å². The average Bonchev–Trinajstić information content (AvgIpc) is 3.18. The predicted molar refractivity (Wildman–Crippen MR) is 78.6 cm³/mol. The summed E-state index contributed by atoms with van der Waals surface area (Å²) in [6.45, 7) is 2.35. The molecule has 21 heavy (non-hydrogen) atoms. The number of amides is 2. The van der Waals surface area contributed by atoms with Crippen molar-refractivity contribution in [3.8, 4) is 0 Å². The second-order valence-corrected chi connectivity index (χ2v) is 7.10. The monoisotopic (exact) mass is 291 g/mol. The summed E-state index contributed by atoms with van der Waals surface area (Å²) in [5.41, 5.74) is 0. The summed E-state index contributed by atoms with van der Waals surface area (Å²) < 4.78 is 0.